The number of nitriles is 1. The normalized spacial score (nSPS) is 11.4. The highest BCUT2D eigenvalue weighted by molar-refractivity contribution is 8.02. The van der Waals surface area contributed by atoms with Gasteiger partial charge >= 0.3 is 0 Å². The van der Waals surface area contributed by atoms with E-state index in [1.807, 2.05) is 0 Å². The van der Waals surface area contributed by atoms with E-state index in [2.05, 4.69) is 5.32 Å². The molecule has 0 spiro atoms. The van der Waals surface area contributed by atoms with Crippen LogP contribution in [-0.4, -0.2) is 12.2 Å². The van der Waals surface area contributed by atoms with Crippen molar-refractivity contribution < 1.29 is 4.79 Å². The molecule has 0 radical (unpaired) electrons. The van der Waals surface area contributed by atoms with Crippen molar-refractivity contribution in [1.82, 2.24) is 0 Å². The van der Waals surface area contributed by atoms with Crippen LogP contribution in [0.5, 0.6) is 0 Å². The van der Waals surface area contributed by atoms with Gasteiger partial charge in [-0.3, -0.25) is 4.79 Å². The lowest BCUT2D eigenvalue weighted by Gasteiger charge is -2.10. The number of nitrogens with zero attached hydrogens (tertiary/aromatic N) is 1. The molecule has 1 aromatic carbocycles. The van der Waals surface area contributed by atoms with E-state index in [1.165, 1.54) is 11.8 Å². The quantitative estimate of drug-likeness (QED) is 0.662. The van der Waals surface area contributed by atoms with E-state index < -0.39 is 5.91 Å². The SMILES string of the molecule is CS/C(Nc1ccc(Cl)c(Cl)c1)=C(/C#N)C(N)=O. The molecule has 0 heterocycles. The van der Waals surface area contributed by atoms with Crippen molar-refractivity contribution in [3.8, 4) is 6.07 Å². The number of nitrogens with two attached hydrogens (primary N) is 1. The van der Waals surface area contributed by atoms with Crippen LogP contribution in [-0.2, 0) is 4.79 Å². The Labute approximate surface area is 119 Å². The minimum Gasteiger partial charge on any atom is -0.365 e. The lowest BCUT2D eigenvalue weighted by Crippen LogP contribution is -2.16. The van der Waals surface area contributed by atoms with E-state index >= 15 is 0 Å². The smallest absolute Gasteiger partial charge is 0.262 e. The van der Waals surface area contributed by atoms with Gasteiger partial charge in [-0.05, 0) is 24.5 Å². The minimum absolute atomic E-state index is 0.131. The summed E-state index contributed by atoms with van der Waals surface area (Å²) in [6, 6.07) is 6.65. The average molecular weight is 302 g/mol. The van der Waals surface area contributed by atoms with Crippen LogP contribution in [0, 0.1) is 11.3 Å². The average Bonchev–Trinajstić information content (AvgIpc) is 2.33. The maximum atomic E-state index is 11.1. The largest absolute Gasteiger partial charge is 0.365 e. The van der Waals surface area contributed by atoms with Crippen LogP contribution in [0.2, 0.25) is 10.0 Å². The Kier molecular flexibility index (Phi) is 5.35. The molecule has 0 fully saturated rings. The second kappa shape index (κ2) is 6.55. The van der Waals surface area contributed by atoms with Gasteiger partial charge in [0.25, 0.3) is 5.91 Å². The number of nitrogens with one attached hydrogen (secondary N) is 1. The zero-order valence-corrected chi connectivity index (χ0v) is 11.7. The predicted octanol–water partition coefficient (Wildman–Crippen LogP) is 2.99. The van der Waals surface area contributed by atoms with Crippen molar-refractivity contribution >= 4 is 46.6 Å². The zero-order chi connectivity index (χ0) is 13.7. The Bertz CT molecular complexity index is 552. The van der Waals surface area contributed by atoms with E-state index in [0.29, 0.717) is 20.8 Å². The Morgan fingerprint density at radius 2 is 2.11 bits per heavy atom. The standard InChI is InChI=1S/C11H9Cl2N3OS/c1-18-11(7(5-14)10(15)17)16-6-2-3-8(12)9(13)4-6/h2-4,16H,1H3,(H2,15,17)/b11-7-. The minimum atomic E-state index is -0.783. The maximum Gasteiger partial charge on any atom is 0.262 e. The third-order valence-electron chi connectivity index (χ3n) is 1.97. The van der Waals surface area contributed by atoms with Crippen molar-refractivity contribution in [2.24, 2.45) is 5.73 Å². The second-order valence-corrected chi connectivity index (χ2v) is 4.77. The number of benzene rings is 1. The van der Waals surface area contributed by atoms with Crippen molar-refractivity contribution in [2.45, 2.75) is 0 Å². The fourth-order valence-corrected chi connectivity index (χ4v) is 2.01. The summed E-state index contributed by atoms with van der Waals surface area (Å²) in [7, 11) is 0. The van der Waals surface area contributed by atoms with Gasteiger partial charge in [0.15, 0.2) is 0 Å². The molecule has 4 nitrogen and oxygen atoms in total. The lowest BCUT2D eigenvalue weighted by atomic mass is 10.3. The Morgan fingerprint density at radius 3 is 2.56 bits per heavy atom. The van der Waals surface area contributed by atoms with Gasteiger partial charge in [-0.2, -0.15) is 5.26 Å². The van der Waals surface area contributed by atoms with Gasteiger partial charge in [-0.25, -0.2) is 0 Å². The summed E-state index contributed by atoms with van der Waals surface area (Å²) in [5.74, 6) is -0.783. The van der Waals surface area contributed by atoms with Crippen molar-refractivity contribution in [1.29, 1.82) is 5.26 Å². The molecule has 1 amide bonds. The number of carbonyl (C=O) groups excluding carboxylic acids is 1. The molecule has 7 heteroatoms. The van der Waals surface area contributed by atoms with Crippen LogP contribution in [0.15, 0.2) is 28.8 Å². The number of thioether (sulfide) groups is 1. The number of carbonyl (C=O) groups is 1. The van der Waals surface area contributed by atoms with E-state index in [9.17, 15) is 4.79 Å². The van der Waals surface area contributed by atoms with Crippen LogP contribution < -0.4 is 11.1 Å². The summed E-state index contributed by atoms with van der Waals surface area (Å²) in [6.07, 6.45) is 1.72. The molecule has 0 aliphatic rings. The Hall–Kier alpha value is -1.35. The van der Waals surface area contributed by atoms with Crippen LogP contribution in [0.3, 0.4) is 0 Å². The molecule has 0 saturated heterocycles. The summed E-state index contributed by atoms with van der Waals surface area (Å²) in [6.45, 7) is 0. The molecule has 18 heavy (non-hydrogen) atoms. The summed E-state index contributed by atoms with van der Waals surface area (Å²) in [5.41, 5.74) is 5.59. The van der Waals surface area contributed by atoms with Crippen LogP contribution in [0.4, 0.5) is 5.69 Å². The van der Waals surface area contributed by atoms with Gasteiger partial charge < -0.3 is 11.1 Å². The molecule has 0 aliphatic heterocycles. The number of primary amides is 1. The highest BCUT2D eigenvalue weighted by Gasteiger charge is 2.12. The molecule has 0 unspecified atom stereocenters. The monoisotopic (exact) mass is 301 g/mol. The molecule has 3 N–H and O–H groups in total. The first-order chi connectivity index (χ1) is 8.49. The van der Waals surface area contributed by atoms with E-state index in [-0.39, 0.29) is 5.57 Å². The summed E-state index contributed by atoms with van der Waals surface area (Å²) in [5, 5.41) is 12.9. The topological polar surface area (TPSA) is 78.9 Å². The van der Waals surface area contributed by atoms with Gasteiger partial charge in [0.1, 0.15) is 11.6 Å². The van der Waals surface area contributed by atoms with E-state index in [4.69, 9.17) is 34.2 Å². The molecule has 1 aromatic rings. The van der Waals surface area contributed by atoms with Gasteiger partial charge in [-0.15, -0.1) is 11.8 Å². The number of amides is 1. The molecular formula is C11H9Cl2N3OS. The van der Waals surface area contributed by atoms with Crippen molar-refractivity contribution in [3.63, 3.8) is 0 Å². The summed E-state index contributed by atoms with van der Waals surface area (Å²) >= 11 is 12.9. The van der Waals surface area contributed by atoms with Crippen LogP contribution >= 0.6 is 35.0 Å². The van der Waals surface area contributed by atoms with Crippen molar-refractivity contribution in [3.05, 3.63) is 38.8 Å². The summed E-state index contributed by atoms with van der Waals surface area (Å²) < 4.78 is 0. The predicted molar refractivity (Wildman–Crippen MR) is 75.4 cm³/mol. The molecule has 0 saturated carbocycles. The van der Waals surface area contributed by atoms with Gasteiger partial charge in [0.2, 0.25) is 0 Å². The maximum absolute atomic E-state index is 11.1. The van der Waals surface area contributed by atoms with Gasteiger partial charge in [-0.1, -0.05) is 23.2 Å². The first-order valence-corrected chi connectivity index (χ1v) is 6.68. The number of hydrogen-bond donors (Lipinski definition) is 2. The lowest BCUT2D eigenvalue weighted by molar-refractivity contribution is -0.114. The van der Waals surface area contributed by atoms with Gasteiger partial charge in [0, 0.05) is 5.69 Å². The molecule has 1 rings (SSSR count). The number of anilines is 1. The first-order valence-electron chi connectivity index (χ1n) is 4.69. The fraction of sp³-hybridized carbons (Fsp3) is 0.0909. The first kappa shape index (κ1) is 14.7. The third kappa shape index (κ3) is 3.57. The number of rotatable bonds is 4. The third-order valence-corrected chi connectivity index (χ3v) is 3.42. The number of hydrogen-bond acceptors (Lipinski definition) is 4. The summed E-state index contributed by atoms with van der Waals surface area (Å²) in [4.78, 5) is 11.1. The van der Waals surface area contributed by atoms with E-state index in [1.54, 1.807) is 30.5 Å². The highest BCUT2D eigenvalue weighted by Crippen LogP contribution is 2.27. The number of halogens is 2. The molecule has 0 aromatic heterocycles. The molecule has 0 atom stereocenters. The van der Waals surface area contributed by atoms with Crippen LogP contribution in [0.1, 0.15) is 0 Å². The molecule has 94 valence electrons. The Balaban J connectivity index is 3.10. The highest BCUT2D eigenvalue weighted by atomic mass is 35.5. The molecular weight excluding hydrogens is 293 g/mol. The Morgan fingerprint density at radius 1 is 1.44 bits per heavy atom. The van der Waals surface area contributed by atoms with Gasteiger partial charge in [0.05, 0.1) is 15.1 Å². The fourth-order valence-electron chi connectivity index (χ4n) is 1.14. The second-order valence-electron chi connectivity index (χ2n) is 3.14. The van der Waals surface area contributed by atoms with Crippen LogP contribution in [0.25, 0.3) is 0 Å². The van der Waals surface area contributed by atoms with E-state index in [0.717, 1.165) is 0 Å². The van der Waals surface area contributed by atoms with Crippen molar-refractivity contribution in [2.75, 3.05) is 11.6 Å². The zero-order valence-electron chi connectivity index (χ0n) is 9.33. The molecule has 0 bridgehead atoms. The molecule has 0 aliphatic carbocycles.